The number of aliphatic carboxylic acids is 2. The molecule has 0 unspecified atom stereocenters. The van der Waals surface area contributed by atoms with Gasteiger partial charge in [0.15, 0.2) is 12.2 Å². The van der Waals surface area contributed by atoms with Crippen molar-refractivity contribution in [3.05, 3.63) is 0 Å². The van der Waals surface area contributed by atoms with Gasteiger partial charge in [-0.2, -0.15) is 0 Å². The van der Waals surface area contributed by atoms with Crippen molar-refractivity contribution in [2.75, 3.05) is 0 Å². The van der Waals surface area contributed by atoms with Gasteiger partial charge in [-0.1, -0.05) is 0 Å². The Morgan fingerprint density at radius 3 is 1.00 bits per heavy atom. The summed E-state index contributed by atoms with van der Waals surface area (Å²) >= 11 is 0. The van der Waals surface area contributed by atoms with E-state index in [2.05, 4.69) is 0 Å². The average molecular weight is 258 g/mol. The third-order valence-corrected chi connectivity index (χ3v) is 1.50. The molecular formula is C6H12Na2O8. The number of hydrogen-bond donors (Lipinski definition) is 6. The van der Waals surface area contributed by atoms with Crippen LogP contribution in [0.3, 0.4) is 0 Å². The summed E-state index contributed by atoms with van der Waals surface area (Å²) in [6.07, 6.45) is -9.28. The van der Waals surface area contributed by atoms with Crippen LogP contribution in [0.2, 0.25) is 0 Å². The second-order valence-corrected chi connectivity index (χ2v) is 2.55. The number of aliphatic hydroxyl groups excluding tert-OH is 4. The number of carboxylic acid groups (broad SMARTS) is 2. The molecule has 0 rings (SSSR count). The molecule has 0 fully saturated rings. The summed E-state index contributed by atoms with van der Waals surface area (Å²) in [6, 6.07) is 0. The summed E-state index contributed by atoms with van der Waals surface area (Å²) in [7, 11) is 0. The van der Waals surface area contributed by atoms with Crippen molar-refractivity contribution in [3.63, 3.8) is 0 Å². The maximum atomic E-state index is 10.1. The van der Waals surface area contributed by atoms with E-state index in [0.717, 1.165) is 0 Å². The molecule has 0 aromatic heterocycles. The Labute approximate surface area is 134 Å². The minimum atomic E-state index is -2.36. The van der Waals surface area contributed by atoms with Gasteiger partial charge in [-0.15, -0.1) is 0 Å². The first-order valence-corrected chi connectivity index (χ1v) is 3.47. The summed E-state index contributed by atoms with van der Waals surface area (Å²) in [5.41, 5.74) is 0. The van der Waals surface area contributed by atoms with Gasteiger partial charge in [0.25, 0.3) is 0 Å². The van der Waals surface area contributed by atoms with Crippen molar-refractivity contribution in [2.24, 2.45) is 0 Å². The molecule has 0 heterocycles. The molecule has 0 aliphatic heterocycles. The van der Waals surface area contributed by atoms with Crippen LogP contribution in [-0.2, 0) is 9.59 Å². The fourth-order valence-electron chi connectivity index (χ4n) is 0.666. The van der Waals surface area contributed by atoms with Crippen LogP contribution in [0.5, 0.6) is 0 Å². The molecule has 86 valence electrons. The predicted octanol–water partition coefficient (Wildman–Crippen LogP) is -4.70. The van der Waals surface area contributed by atoms with Gasteiger partial charge >= 0.3 is 71.1 Å². The number of rotatable bonds is 5. The van der Waals surface area contributed by atoms with Crippen LogP contribution in [-0.4, -0.2) is 126 Å². The van der Waals surface area contributed by atoms with Crippen molar-refractivity contribution < 1.29 is 40.2 Å². The summed E-state index contributed by atoms with van der Waals surface area (Å²) < 4.78 is 0. The molecular weight excluding hydrogens is 246 g/mol. The van der Waals surface area contributed by atoms with Crippen LogP contribution in [0.4, 0.5) is 0 Å². The predicted molar refractivity (Wildman–Crippen MR) is 53.6 cm³/mol. The van der Waals surface area contributed by atoms with E-state index in [9.17, 15) is 9.59 Å². The van der Waals surface area contributed by atoms with Gasteiger partial charge in [0.1, 0.15) is 12.2 Å². The molecule has 0 amide bonds. The Morgan fingerprint density at radius 2 is 0.875 bits per heavy atom. The number of carboxylic acids is 2. The minimum absolute atomic E-state index is 0. The first-order chi connectivity index (χ1) is 6.29. The van der Waals surface area contributed by atoms with E-state index in [-0.39, 0.29) is 59.1 Å². The monoisotopic (exact) mass is 258 g/mol. The molecule has 0 saturated carbocycles. The van der Waals surface area contributed by atoms with Crippen LogP contribution >= 0.6 is 0 Å². The molecule has 10 heteroatoms. The Morgan fingerprint density at radius 1 is 0.688 bits per heavy atom. The molecule has 0 spiro atoms. The van der Waals surface area contributed by atoms with Gasteiger partial charge in [-0.05, 0) is 0 Å². The Hall–Kier alpha value is 0.780. The zero-order valence-electron chi connectivity index (χ0n) is 6.81. The van der Waals surface area contributed by atoms with Gasteiger partial charge in [0.05, 0.1) is 0 Å². The SMILES string of the molecule is O=C(O)[C@@H](O)[C@H](O)[C@H](O)[C@@H](O)C(=O)O.[NaH].[NaH]. The Bertz CT molecular complexity index is 211. The van der Waals surface area contributed by atoms with E-state index in [0.29, 0.717) is 0 Å². The van der Waals surface area contributed by atoms with Crippen LogP contribution in [0.25, 0.3) is 0 Å². The molecule has 0 aliphatic rings. The van der Waals surface area contributed by atoms with Crippen LogP contribution in [0, 0.1) is 0 Å². The number of hydrogen-bond acceptors (Lipinski definition) is 6. The number of aliphatic hydroxyl groups is 4. The van der Waals surface area contributed by atoms with Crippen LogP contribution in [0.15, 0.2) is 0 Å². The van der Waals surface area contributed by atoms with E-state index >= 15 is 0 Å². The van der Waals surface area contributed by atoms with Crippen molar-refractivity contribution in [1.29, 1.82) is 0 Å². The fourth-order valence-corrected chi connectivity index (χ4v) is 0.666. The third kappa shape index (κ3) is 6.50. The maximum absolute atomic E-state index is 10.1. The first kappa shape index (κ1) is 22.0. The van der Waals surface area contributed by atoms with Crippen molar-refractivity contribution >= 4 is 71.1 Å². The average Bonchev–Trinajstić information content (AvgIpc) is 2.12. The van der Waals surface area contributed by atoms with E-state index < -0.39 is 36.4 Å². The van der Waals surface area contributed by atoms with Crippen LogP contribution in [0.1, 0.15) is 0 Å². The molecule has 16 heavy (non-hydrogen) atoms. The van der Waals surface area contributed by atoms with Crippen molar-refractivity contribution in [3.8, 4) is 0 Å². The molecule has 4 atom stereocenters. The quantitative estimate of drug-likeness (QED) is 0.269. The van der Waals surface area contributed by atoms with Crippen molar-refractivity contribution in [2.45, 2.75) is 24.4 Å². The standard InChI is InChI=1S/C6H10O8.2Na.2H/c7-1(3(9)5(11)12)2(8)4(10)6(13)14;;;;/h1-4,7-10H,(H,11,12)(H,13,14);;;;/t1-,2+,3+,4-;;;;. The molecule has 0 aromatic rings. The topological polar surface area (TPSA) is 156 Å². The summed E-state index contributed by atoms with van der Waals surface area (Å²) in [4.78, 5) is 20.2. The van der Waals surface area contributed by atoms with E-state index in [4.69, 9.17) is 30.6 Å². The molecule has 0 bridgehead atoms. The van der Waals surface area contributed by atoms with E-state index in [1.54, 1.807) is 0 Å². The zero-order chi connectivity index (χ0) is 11.5. The van der Waals surface area contributed by atoms with Crippen LogP contribution < -0.4 is 0 Å². The van der Waals surface area contributed by atoms with Gasteiger partial charge < -0.3 is 30.6 Å². The molecule has 0 aliphatic carbocycles. The molecule has 0 aromatic carbocycles. The first-order valence-electron chi connectivity index (χ1n) is 3.47. The Kier molecular flexibility index (Phi) is 13.4. The zero-order valence-corrected chi connectivity index (χ0v) is 6.81. The van der Waals surface area contributed by atoms with Gasteiger partial charge in [0.2, 0.25) is 0 Å². The van der Waals surface area contributed by atoms with Crippen molar-refractivity contribution in [1.82, 2.24) is 0 Å². The summed E-state index contributed by atoms with van der Waals surface area (Å²) in [5.74, 6) is -3.68. The molecule has 6 N–H and O–H groups in total. The second kappa shape index (κ2) is 9.77. The molecule has 0 radical (unpaired) electrons. The van der Waals surface area contributed by atoms with E-state index in [1.165, 1.54) is 0 Å². The molecule has 0 saturated heterocycles. The molecule has 8 nitrogen and oxygen atoms in total. The summed E-state index contributed by atoms with van der Waals surface area (Å²) in [6.45, 7) is 0. The fraction of sp³-hybridized carbons (Fsp3) is 0.667. The van der Waals surface area contributed by atoms with Gasteiger partial charge in [0, 0.05) is 0 Å². The summed E-state index contributed by atoms with van der Waals surface area (Å²) in [5, 5.41) is 51.5. The van der Waals surface area contributed by atoms with E-state index in [1.807, 2.05) is 0 Å². The third-order valence-electron chi connectivity index (χ3n) is 1.50. The van der Waals surface area contributed by atoms with Gasteiger partial charge in [-0.3, -0.25) is 0 Å². The second-order valence-electron chi connectivity index (χ2n) is 2.55. The Balaban J connectivity index is -0.000000845. The number of carbonyl (C=O) groups is 2. The van der Waals surface area contributed by atoms with Gasteiger partial charge in [-0.25, -0.2) is 9.59 Å². The normalized spacial score (nSPS) is 17.0.